The second kappa shape index (κ2) is 6.67. The minimum Gasteiger partial charge on any atom is -0.381 e. The molecule has 0 N–H and O–H groups in total. The summed E-state index contributed by atoms with van der Waals surface area (Å²) >= 11 is 0. The van der Waals surface area contributed by atoms with Gasteiger partial charge in [0.2, 0.25) is 0 Å². The molecule has 0 aliphatic carbocycles. The molecule has 0 aromatic rings. The highest BCUT2D eigenvalue weighted by molar-refractivity contribution is 5.83. The Labute approximate surface area is 110 Å². The summed E-state index contributed by atoms with van der Waals surface area (Å²) in [6.45, 7) is 7.55. The summed E-state index contributed by atoms with van der Waals surface area (Å²) in [5, 5.41) is 0. The number of carbonyl (C=O) groups is 1. The van der Waals surface area contributed by atoms with Crippen LogP contribution in [0.15, 0.2) is 0 Å². The highest BCUT2D eigenvalue weighted by Crippen LogP contribution is 2.31. The van der Waals surface area contributed by atoms with Crippen LogP contribution in [0.3, 0.4) is 0 Å². The fourth-order valence-electron chi connectivity index (χ4n) is 3.31. The Hall–Kier alpha value is -0.410. The maximum atomic E-state index is 12.6. The standard InChI is InChI=1S/C15H26O3/c1-11(13-3-7-17-8-4-13)15(16)12(2)14-5-9-18-10-6-14/h11-14H,3-10H2,1-2H3. The molecule has 2 rings (SSSR count). The van der Waals surface area contributed by atoms with E-state index in [2.05, 4.69) is 13.8 Å². The van der Waals surface area contributed by atoms with Crippen LogP contribution in [0.2, 0.25) is 0 Å². The van der Waals surface area contributed by atoms with Crippen LogP contribution >= 0.6 is 0 Å². The Morgan fingerprint density at radius 1 is 0.833 bits per heavy atom. The lowest BCUT2D eigenvalue weighted by Crippen LogP contribution is -2.34. The van der Waals surface area contributed by atoms with Crippen LogP contribution in [0.25, 0.3) is 0 Å². The minimum atomic E-state index is 0.201. The number of ketones is 1. The third-order valence-corrected chi connectivity index (χ3v) is 4.84. The molecule has 2 aliphatic rings. The first-order valence-corrected chi connectivity index (χ1v) is 7.39. The highest BCUT2D eigenvalue weighted by atomic mass is 16.5. The van der Waals surface area contributed by atoms with Gasteiger partial charge in [0, 0.05) is 38.3 Å². The summed E-state index contributed by atoms with van der Waals surface area (Å²) in [5.74, 6) is 1.94. The second-order valence-corrected chi connectivity index (χ2v) is 5.88. The van der Waals surface area contributed by atoms with Crippen molar-refractivity contribution in [3.63, 3.8) is 0 Å². The van der Waals surface area contributed by atoms with Gasteiger partial charge in [0.1, 0.15) is 5.78 Å². The maximum Gasteiger partial charge on any atom is 0.139 e. The van der Waals surface area contributed by atoms with E-state index in [1.54, 1.807) is 0 Å². The number of carbonyl (C=O) groups excluding carboxylic acids is 1. The fraction of sp³-hybridized carbons (Fsp3) is 0.933. The van der Waals surface area contributed by atoms with Gasteiger partial charge in [-0.2, -0.15) is 0 Å². The smallest absolute Gasteiger partial charge is 0.139 e. The van der Waals surface area contributed by atoms with Gasteiger partial charge in [-0.1, -0.05) is 13.8 Å². The van der Waals surface area contributed by atoms with E-state index in [1.807, 2.05) is 0 Å². The van der Waals surface area contributed by atoms with Crippen LogP contribution < -0.4 is 0 Å². The lowest BCUT2D eigenvalue weighted by atomic mass is 9.75. The Kier molecular flexibility index (Phi) is 5.19. The molecule has 2 aliphatic heterocycles. The first-order chi connectivity index (χ1) is 8.70. The van der Waals surface area contributed by atoms with Gasteiger partial charge in [0.25, 0.3) is 0 Å². The molecular weight excluding hydrogens is 228 g/mol. The Balaban J connectivity index is 1.87. The van der Waals surface area contributed by atoms with Crippen molar-refractivity contribution in [2.24, 2.45) is 23.7 Å². The zero-order valence-corrected chi connectivity index (χ0v) is 11.7. The maximum absolute atomic E-state index is 12.6. The largest absolute Gasteiger partial charge is 0.381 e. The van der Waals surface area contributed by atoms with E-state index >= 15 is 0 Å². The molecule has 2 saturated heterocycles. The number of Topliss-reactive ketones (excluding diaryl/α,β-unsaturated/α-hetero) is 1. The normalized spacial score (nSPS) is 26.8. The van der Waals surface area contributed by atoms with Gasteiger partial charge >= 0.3 is 0 Å². The predicted molar refractivity (Wildman–Crippen MR) is 70.4 cm³/mol. The van der Waals surface area contributed by atoms with Gasteiger partial charge in [0.05, 0.1) is 0 Å². The van der Waals surface area contributed by atoms with Crippen LogP contribution in [-0.4, -0.2) is 32.2 Å². The van der Waals surface area contributed by atoms with E-state index in [9.17, 15) is 4.79 Å². The lowest BCUT2D eigenvalue weighted by molar-refractivity contribution is -0.131. The number of ether oxygens (including phenoxy) is 2. The molecule has 0 bridgehead atoms. The molecule has 0 amide bonds. The summed E-state index contributed by atoms with van der Waals surface area (Å²) in [6.07, 6.45) is 4.20. The Morgan fingerprint density at radius 2 is 1.17 bits per heavy atom. The zero-order valence-electron chi connectivity index (χ0n) is 11.7. The third kappa shape index (κ3) is 3.33. The SMILES string of the molecule is CC(C(=O)C(C)C1CCOCC1)C1CCOCC1. The Bertz CT molecular complexity index is 239. The van der Waals surface area contributed by atoms with Crippen LogP contribution in [0, 0.1) is 23.7 Å². The van der Waals surface area contributed by atoms with Gasteiger partial charge in [0.15, 0.2) is 0 Å². The number of rotatable bonds is 4. The van der Waals surface area contributed by atoms with E-state index in [0.717, 1.165) is 52.1 Å². The topological polar surface area (TPSA) is 35.5 Å². The van der Waals surface area contributed by atoms with Gasteiger partial charge in [-0.25, -0.2) is 0 Å². The first kappa shape index (κ1) is 14.0. The summed E-state index contributed by atoms with van der Waals surface area (Å²) in [6, 6.07) is 0. The number of hydrogen-bond acceptors (Lipinski definition) is 3. The average Bonchev–Trinajstić information content (AvgIpc) is 2.47. The molecule has 3 heteroatoms. The van der Waals surface area contributed by atoms with E-state index < -0.39 is 0 Å². The summed E-state index contributed by atoms with van der Waals surface area (Å²) in [5.41, 5.74) is 0. The molecule has 2 atom stereocenters. The molecule has 2 fully saturated rings. The molecule has 0 radical (unpaired) electrons. The monoisotopic (exact) mass is 254 g/mol. The minimum absolute atomic E-state index is 0.201. The molecule has 3 nitrogen and oxygen atoms in total. The van der Waals surface area contributed by atoms with Crippen molar-refractivity contribution in [1.82, 2.24) is 0 Å². The lowest BCUT2D eigenvalue weighted by Gasteiger charge is -2.32. The Morgan fingerprint density at radius 3 is 1.50 bits per heavy atom. The van der Waals surface area contributed by atoms with Crippen molar-refractivity contribution in [3.8, 4) is 0 Å². The van der Waals surface area contributed by atoms with Crippen LogP contribution in [0.5, 0.6) is 0 Å². The van der Waals surface area contributed by atoms with E-state index in [0.29, 0.717) is 17.6 Å². The molecule has 104 valence electrons. The quantitative estimate of drug-likeness (QED) is 0.773. The number of hydrogen-bond donors (Lipinski definition) is 0. The van der Waals surface area contributed by atoms with E-state index in [1.165, 1.54) is 0 Å². The molecule has 0 aromatic carbocycles. The van der Waals surface area contributed by atoms with Gasteiger partial charge in [-0.3, -0.25) is 4.79 Å². The van der Waals surface area contributed by atoms with Gasteiger partial charge in [-0.05, 0) is 37.5 Å². The van der Waals surface area contributed by atoms with Crippen LogP contribution in [0.1, 0.15) is 39.5 Å². The van der Waals surface area contributed by atoms with Crippen molar-refractivity contribution < 1.29 is 14.3 Å². The van der Waals surface area contributed by atoms with Crippen molar-refractivity contribution in [3.05, 3.63) is 0 Å². The van der Waals surface area contributed by atoms with Crippen LogP contribution in [-0.2, 0) is 14.3 Å². The van der Waals surface area contributed by atoms with Crippen molar-refractivity contribution in [1.29, 1.82) is 0 Å². The molecule has 2 unspecified atom stereocenters. The molecule has 0 saturated carbocycles. The summed E-state index contributed by atoms with van der Waals surface area (Å²) in [7, 11) is 0. The average molecular weight is 254 g/mol. The van der Waals surface area contributed by atoms with E-state index in [4.69, 9.17) is 9.47 Å². The molecule has 0 aromatic heterocycles. The van der Waals surface area contributed by atoms with Gasteiger partial charge in [-0.15, -0.1) is 0 Å². The molecule has 0 spiro atoms. The van der Waals surface area contributed by atoms with Crippen molar-refractivity contribution in [2.45, 2.75) is 39.5 Å². The molecular formula is C15H26O3. The predicted octanol–water partition coefficient (Wildman–Crippen LogP) is 2.68. The van der Waals surface area contributed by atoms with Crippen molar-refractivity contribution in [2.75, 3.05) is 26.4 Å². The second-order valence-electron chi connectivity index (χ2n) is 5.88. The highest BCUT2D eigenvalue weighted by Gasteiger charge is 2.33. The molecule has 2 heterocycles. The zero-order chi connectivity index (χ0) is 13.0. The van der Waals surface area contributed by atoms with E-state index in [-0.39, 0.29) is 11.8 Å². The first-order valence-electron chi connectivity index (χ1n) is 7.39. The third-order valence-electron chi connectivity index (χ3n) is 4.84. The summed E-state index contributed by atoms with van der Waals surface area (Å²) in [4.78, 5) is 12.6. The van der Waals surface area contributed by atoms with Crippen LogP contribution in [0.4, 0.5) is 0 Å². The summed E-state index contributed by atoms with van der Waals surface area (Å²) < 4.78 is 10.8. The fourth-order valence-corrected chi connectivity index (χ4v) is 3.31. The van der Waals surface area contributed by atoms with Crippen molar-refractivity contribution >= 4 is 5.78 Å². The molecule has 18 heavy (non-hydrogen) atoms. The van der Waals surface area contributed by atoms with Gasteiger partial charge < -0.3 is 9.47 Å².